The molecular formula is C14H8Cl2N4O3. The number of hydrogen-bond donors (Lipinski definition) is 2. The number of nitro benzene ring substituents is 1. The van der Waals surface area contributed by atoms with Crippen molar-refractivity contribution in [1.29, 1.82) is 0 Å². The number of phenolic OH excluding ortho intramolecular Hbond substituents is 1. The average Bonchev–Trinajstić information content (AvgIpc) is 2.99. The maximum Gasteiger partial charge on any atom is 0.270 e. The van der Waals surface area contributed by atoms with E-state index in [4.69, 9.17) is 23.2 Å². The Labute approximate surface area is 139 Å². The number of hydrogen-bond acceptors (Lipinski definition) is 5. The number of rotatable bonds is 3. The third-order valence-electron chi connectivity index (χ3n) is 3.10. The SMILES string of the molecule is O=[N+]([O-])c1ccc(-c2nc(-c3cc(Cl)ccc3O)n[nH]2)c(Cl)c1. The van der Waals surface area contributed by atoms with Crippen molar-refractivity contribution in [3.8, 4) is 28.5 Å². The van der Waals surface area contributed by atoms with Crippen LogP contribution in [0.1, 0.15) is 0 Å². The lowest BCUT2D eigenvalue weighted by Gasteiger charge is -2.01. The third kappa shape index (κ3) is 2.96. The van der Waals surface area contributed by atoms with Crippen molar-refractivity contribution in [2.45, 2.75) is 0 Å². The molecule has 0 amide bonds. The molecule has 0 radical (unpaired) electrons. The number of nitro groups is 1. The Kier molecular flexibility index (Phi) is 3.89. The largest absolute Gasteiger partial charge is 0.507 e. The van der Waals surface area contributed by atoms with Crippen LogP contribution in [-0.4, -0.2) is 25.2 Å². The first kappa shape index (κ1) is 15.3. The van der Waals surface area contributed by atoms with E-state index >= 15 is 0 Å². The van der Waals surface area contributed by atoms with Gasteiger partial charge in [0.25, 0.3) is 5.69 Å². The van der Waals surface area contributed by atoms with E-state index in [0.29, 0.717) is 22.0 Å². The van der Waals surface area contributed by atoms with Gasteiger partial charge in [-0.3, -0.25) is 15.2 Å². The first-order valence-electron chi connectivity index (χ1n) is 6.31. The number of nitrogens with one attached hydrogen (secondary N) is 1. The van der Waals surface area contributed by atoms with Gasteiger partial charge in [-0.1, -0.05) is 23.2 Å². The number of benzene rings is 2. The summed E-state index contributed by atoms with van der Waals surface area (Å²) in [5.74, 6) is 0.531. The molecule has 1 heterocycles. The Morgan fingerprint density at radius 2 is 1.91 bits per heavy atom. The van der Waals surface area contributed by atoms with Gasteiger partial charge in [0.15, 0.2) is 11.6 Å². The summed E-state index contributed by atoms with van der Waals surface area (Å²) in [5, 5.41) is 27.9. The van der Waals surface area contributed by atoms with Crippen LogP contribution in [-0.2, 0) is 0 Å². The molecule has 2 N–H and O–H groups in total. The van der Waals surface area contributed by atoms with Crippen LogP contribution >= 0.6 is 23.2 Å². The summed E-state index contributed by atoms with van der Waals surface area (Å²) in [4.78, 5) is 14.4. The molecule has 0 spiro atoms. The summed E-state index contributed by atoms with van der Waals surface area (Å²) < 4.78 is 0. The lowest BCUT2D eigenvalue weighted by Crippen LogP contribution is -1.89. The molecule has 9 heteroatoms. The summed E-state index contributed by atoms with van der Waals surface area (Å²) in [6, 6.07) is 8.54. The van der Waals surface area contributed by atoms with Gasteiger partial charge in [0.1, 0.15) is 5.75 Å². The molecule has 3 aromatic rings. The highest BCUT2D eigenvalue weighted by Gasteiger charge is 2.16. The summed E-state index contributed by atoms with van der Waals surface area (Å²) in [5.41, 5.74) is 0.696. The predicted molar refractivity (Wildman–Crippen MR) is 85.6 cm³/mol. The zero-order valence-electron chi connectivity index (χ0n) is 11.3. The number of non-ortho nitro benzene ring substituents is 1. The van der Waals surface area contributed by atoms with Gasteiger partial charge in [-0.05, 0) is 24.3 Å². The van der Waals surface area contributed by atoms with E-state index in [1.807, 2.05) is 0 Å². The highest BCUT2D eigenvalue weighted by Crippen LogP contribution is 2.33. The predicted octanol–water partition coefficient (Wildman–Crippen LogP) is 4.06. The first-order chi connectivity index (χ1) is 11.0. The third-order valence-corrected chi connectivity index (χ3v) is 3.65. The van der Waals surface area contributed by atoms with Crippen LogP contribution in [0.4, 0.5) is 5.69 Å². The Hall–Kier alpha value is -2.64. The van der Waals surface area contributed by atoms with Gasteiger partial charge in [-0.2, -0.15) is 5.10 Å². The molecule has 0 unspecified atom stereocenters. The van der Waals surface area contributed by atoms with Crippen LogP contribution in [0.15, 0.2) is 36.4 Å². The number of halogens is 2. The van der Waals surface area contributed by atoms with E-state index in [-0.39, 0.29) is 22.3 Å². The lowest BCUT2D eigenvalue weighted by atomic mass is 10.2. The molecule has 2 aromatic carbocycles. The van der Waals surface area contributed by atoms with E-state index in [0.717, 1.165) is 0 Å². The van der Waals surface area contributed by atoms with Crippen molar-refractivity contribution in [2.75, 3.05) is 0 Å². The highest BCUT2D eigenvalue weighted by atomic mass is 35.5. The van der Waals surface area contributed by atoms with Crippen molar-refractivity contribution in [2.24, 2.45) is 0 Å². The highest BCUT2D eigenvalue weighted by molar-refractivity contribution is 6.33. The summed E-state index contributed by atoms with van der Waals surface area (Å²) >= 11 is 12.0. The molecule has 0 aliphatic rings. The number of phenols is 1. The Morgan fingerprint density at radius 1 is 1.13 bits per heavy atom. The maximum atomic E-state index is 10.7. The normalized spacial score (nSPS) is 10.7. The van der Waals surface area contributed by atoms with E-state index < -0.39 is 4.92 Å². The molecule has 0 aliphatic carbocycles. The van der Waals surface area contributed by atoms with Crippen LogP contribution in [0.5, 0.6) is 5.75 Å². The van der Waals surface area contributed by atoms with Gasteiger partial charge in [0.2, 0.25) is 0 Å². The van der Waals surface area contributed by atoms with E-state index in [1.165, 1.54) is 30.3 Å². The molecule has 1 aromatic heterocycles. The van der Waals surface area contributed by atoms with Crippen LogP contribution in [0.25, 0.3) is 22.8 Å². The van der Waals surface area contributed by atoms with Gasteiger partial charge in [0, 0.05) is 22.7 Å². The molecule has 0 bridgehead atoms. The van der Waals surface area contributed by atoms with Gasteiger partial charge in [-0.15, -0.1) is 0 Å². The molecular weight excluding hydrogens is 343 g/mol. The number of aromatic amines is 1. The van der Waals surface area contributed by atoms with Gasteiger partial charge in [-0.25, -0.2) is 4.98 Å². The molecule has 116 valence electrons. The molecule has 23 heavy (non-hydrogen) atoms. The Morgan fingerprint density at radius 3 is 2.61 bits per heavy atom. The van der Waals surface area contributed by atoms with Crippen molar-refractivity contribution in [3.05, 3.63) is 56.6 Å². The quantitative estimate of drug-likeness (QED) is 0.547. The van der Waals surface area contributed by atoms with E-state index in [9.17, 15) is 15.2 Å². The zero-order chi connectivity index (χ0) is 16.6. The fourth-order valence-electron chi connectivity index (χ4n) is 2.00. The number of aromatic hydroxyl groups is 1. The minimum atomic E-state index is -0.536. The monoisotopic (exact) mass is 350 g/mol. The summed E-state index contributed by atoms with van der Waals surface area (Å²) in [7, 11) is 0. The minimum absolute atomic E-state index is 0.0188. The Balaban J connectivity index is 2.02. The molecule has 0 atom stereocenters. The molecule has 0 fully saturated rings. The summed E-state index contributed by atoms with van der Waals surface area (Å²) in [6.45, 7) is 0. The van der Waals surface area contributed by atoms with Crippen molar-refractivity contribution in [3.63, 3.8) is 0 Å². The van der Waals surface area contributed by atoms with Crippen LogP contribution in [0, 0.1) is 10.1 Å². The fraction of sp³-hybridized carbons (Fsp3) is 0. The second-order valence-corrected chi connectivity index (χ2v) is 5.43. The van der Waals surface area contributed by atoms with Crippen molar-refractivity contribution >= 4 is 28.9 Å². The second kappa shape index (κ2) is 5.86. The molecule has 0 aliphatic heterocycles. The van der Waals surface area contributed by atoms with E-state index in [2.05, 4.69) is 15.2 Å². The van der Waals surface area contributed by atoms with Crippen molar-refractivity contribution in [1.82, 2.24) is 15.2 Å². The number of H-pyrrole nitrogens is 1. The fourth-order valence-corrected chi connectivity index (χ4v) is 2.44. The standard InChI is InChI=1S/C14H8Cl2N4O3/c15-7-1-4-12(21)10(5-7)14-17-13(18-19-14)9-3-2-8(20(22)23)6-11(9)16/h1-6,21H,(H,17,18,19). The van der Waals surface area contributed by atoms with Gasteiger partial charge in [0.05, 0.1) is 15.5 Å². The van der Waals surface area contributed by atoms with Crippen LogP contribution in [0.2, 0.25) is 10.0 Å². The van der Waals surface area contributed by atoms with Crippen molar-refractivity contribution < 1.29 is 10.0 Å². The first-order valence-corrected chi connectivity index (χ1v) is 7.07. The maximum absolute atomic E-state index is 10.7. The minimum Gasteiger partial charge on any atom is -0.507 e. The number of nitrogens with zero attached hydrogens (tertiary/aromatic N) is 3. The molecule has 0 saturated heterocycles. The van der Waals surface area contributed by atoms with E-state index in [1.54, 1.807) is 6.07 Å². The number of aromatic nitrogens is 3. The molecule has 3 rings (SSSR count). The zero-order valence-corrected chi connectivity index (χ0v) is 12.8. The molecule has 7 nitrogen and oxygen atoms in total. The summed E-state index contributed by atoms with van der Waals surface area (Å²) in [6.07, 6.45) is 0. The van der Waals surface area contributed by atoms with Crippen LogP contribution in [0.3, 0.4) is 0 Å². The smallest absolute Gasteiger partial charge is 0.270 e. The Bertz CT molecular complexity index is 911. The van der Waals surface area contributed by atoms with Gasteiger partial charge < -0.3 is 5.11 Å². The van der Waals surface area contributed by atoms with Gasteiger partial charge >= 0.3 is 0 Å². The van der Waals surface area contributed by atoms with Crippen LogP contribution < -0.4 is 0 Å². The molecule has 0 saturated carbocycles. The second-order valence-electron chi connectivity index (χ2n) is 4.59. The lowest BCUT2D eigenvalue weighted by molar-refractivity contribution is -0.384. The average molecular weight is 351 g/mol. The topological polar surface area (TPSA) is 105 Å².